The maximum atomic E-state index is 13.3. The summed E-state index contributed by atoms with van der Waals surface area (Å²) in [5.41, 5.74) is 2.22. The van der Waals surface area contributed by atoms with Crippen LogP contribution in [0.3, 0.4) is 0 Å². The Kier molecular flexibility index (Phi) is 6.48. The minimum Gasteiger partial charge on any atom is -0.497 e. The number of nitrogens with zero attached hydrogens (tertiary/aromatic N) is 3. The number of carbonyl (C=O) groups is 3. The zero-order valence-corrected chi connectivity index (χ0v) is 19.0. The summed E-state index contributed by atoms with van der Waals surface area (Å²) in [7, 11) is 4.77. The summed E-state index contributed by atoms with van der Waals surface area (Å²) >= 11 is 0. The van der Waals surface area contributed by atoms with Gasteiger partial charge in [-0.15, -0.1) is 0 Å². The lowest BCUT2D eigenvalue weighted by molar-refractivity contribution is -0.126. The van der Waals surface area contributed by atoms with Gasteiger partial charge in [-0.05, 0) is 29.8 Å². The van der Waals surface area contributed by atoms with Crippen molar-refractivity contribution in [3.8, 4) is 22.8 Å². The molecule has 34 heavy (non-hydrogen) atoms. The van der Waals surface area contributed by atoms with Crippen LogP contribution in [-0.2, 0) is 16.6 Å². The van der Waals surface area contributed by atoms with E-state index in [4.69, 9.17) is 14.2 Å². The summed E-state index contributed by atoms with van der Waals surface area (Å²) in [6.45, 7) is -0.358. The van der Waals surface area contributed by atoms with Crippen LogP contribution in [0.4, 0.5) is 4.79 Å². The first-order valence-electron chi connectivity index (χ1n) is 10.5. The van der Waals surface area contributed by atoms with Crippen molar-refractivity contribution in [2.45, 2.75) is 6.04 Å². The molecule has 0 radical (unpaired) electrons. The highest BCUT2D eigenvalue weighted by Gasteiger charge is 2.34. The Morgan fingerprint density at radius 1 is 1.12 bits per heavy atom. The summed E-state index contributed by atoms with van der Waals surface area (Å²) in [6.07, 6.45) is -0.729. The molecule has 10 nitrogen and oxygen atoms in total. The third-order valence-corrected chi connectivity index (χ3v) is 5.51. The minimum absolute atomic E-state index is 0.0537. The maximum absolute atomic E-state index is 13.3. The smallest absolute Gasteiger partial charge is 0.417 e. The molecule has 176 valence electrons. The van der Waals surface area contributed by atoms with Gasteiger partial charge >= 0.3 is 6.09 Å². The van der Waals surface area contributed by atoms with E-state index in [-0.39, 0.29) is 18.8 Å². The Morgan fingerprint density at radius 2 is 1.88 bits per heavy atom. The number of aryl methyl sites for hydroxylation is 1. The van der Waals surface area contributed by atoms with Gasteiger partial charge in [-0.25, -0.2) is 9.69 Å². The number of nitrogens with one attached hydrogen (secondary N) is 1. The van der Waals surface area contributed by atoms with Crippen molar-refractivity contribution >= 4 is 17.9 Å². The lowest BCUT2D eigenvalue weighted by atomic mass is 10.1. The van der Waals surface area contributed by atoms with Gasteiger partial charge in [-0.2, -0.15) is 5.10 Å². The van der Waals surface area contributed by atoms with Gasteiger partial charge in [0.25, 0.3) is 11.8 Å². The molecule has 3 amide bonds. The molecule has 2 heterocycles. The van der Waals surface area contributed by atoms with E-state index >= 15 is 0 Å². The highest BCUT2D eigenvalue weighted by molar-refractivity contribution is 5.98. The van der Waals surface area contributed by atoms with Gasteiger partial charge in [0.05, 0.1) is 32.5 Å². The molecule has 1 saturated heterocycles. The Morgan fingerprint density at radius 3 is 2.53 bits per heavy atom. The third-order valence-electron chi connectivity index (χ3n) is 5.51. The molecule has 3 aromatic rings. The van der Waals surface area contributed by atoms with E-state index in [0.29, 0.717) is 22.8 Å². The van der Waals surface area contributed by atoms with Crippen LogP contribution in [-0.4, -0.2) is 60.0 Å². The molecular weight excluding hydrogens is 440 g/mol. The van der Waals surface area contributed by atoms with Crippen molar-refractivity contribution in [3.63, 3.8) is 0 Å². The monoisotopic (exact) mass is 464 g/mol. The first kappa shape index (κ1) is 22.8. The molecule has 0 spiro atoms. The Balaban J connectivity index is 1.62. The predicted molar refractivity (Wildman–Crippen MR) is 121 cm³/mol. The Labute approximate surface area is 196 Å². The number of cyclic esters (lactones) is 1. The normalized spacial score (nSPS) is 14.0. The molecule has 0 aliphatic carbocycles. The molecule has 1 N–H and O–H groups in total. The highest BCUT2D eigenvalue weighted by Crippen LogP contribution is 2.33. The molecule has 10 heteroatoms. The highest BCUT2D eigenvalue weighted by atomic mass is 16.6. The number of benzene rings is 2. The first-order chi connectivity index (χ1) is 16.4. The molecular formula is C24H24N4O6. The molecule has 2 aromatic carbocycles. The van der Waals surface area contributed by atoms with E-state index in [1.54, 1.807) is 45.5 Å². The number of ether oxygens (including phenoxy) is 3. The van der Waals surface area contributed by atoms with Gasteiger partial charge in [0, 0.05) is 12.6 Å². The zero-order valence-electron chi connectivity index (χ0n) is 19.0. The molecule has 0 bridgehead atoms. The summed E-state index contributed by atoms with van der Waals surface area (Å²) in [5, 5.41) is 7.39. The zero-order chi connectivity index (χ0) is 24.2. The number of rotatable bonds is 8. The molecule has 1 atom stereocenters. The van der Waals surface area contributed by atoms with Gasteiger partial charge in [-0.3, -0.25) is 14.3 Å². The van der Waals surface area contributed by atoms with Crippen LogP contribution in [0.1, 0.15) is 22.1 Å². The van der Waals surface area contributed by atoms with Crippen molar-refractivity contribution in [2.75, 3.05) is 27.4 Å². The quantitative estimate of drug-likeness (QED) is 0.545. The topological polar surface area (TPSA) is 112 Å². The molecule has 1 aliphatic rings. The minimum atomic E-state index is -0.729. The fraction of sp³-hybridized carbons (Fsp3) is 0.250. The Hall–Kier alpha value is -4.34. The van der Waals surface area contributed by atoms with Crippen LogP contribution in [0, 0.1) is 0 Å². The van der Waals surface area contributed by atoms with E-state index in [2.05, 4.69) is 10.4 Å². The molecule has 0 saturated carbocycles. The number of carbonyl (C=O) groups excluding carboxylic acids is 3. The van der Waals surface area contributed by atoms with Crippen molar-refractivity contribution in [2.24, 2.45) is 7.05 Å². The number of hydrogen-bond acceptors (Lipinski definition) is 7. The second-order valence-electron chi connectivity index (χ2n) is 7.60. The van der Waals surface area contributed by atoms with E-state index in [1.165, 1.54) is 4.68 Å². The molecule has 1 aromatic heterocycles. The van der Waals surface area contributed by atoms with E-state index < -0.39 is 23.9 Å². The summed E-state index contributed by atoms with van der Waals surface area (Å²) in [5.74, 6) is 0.336. The summed E-state index contributed by atoms with van der Waals surface area (Å²) in [4.78, 5) is 38.3. The van der Waals surface area contributed by atoms with Crippen LogP contribution in [0.2, 0.25) is 0 Å². The average molecular weight is 464 g/mol. The first-order valence-corrected chi connectivity index (χ1v) is 10.5. The van der Waals surface area contributed by atoms with Crippen molar-refractivity contribution < 1.29 is 28.6 Å². The second-order valence-corrected chi connectivity index (χ2v) is 7.60. The number of hydrogen-bond donors (Lipinski definition) is 1. The Bertz CT molecular complexity index is 1210. The summed E-state index contributed by atoms with van der Waals surface area (Å²) in [6, 6.07) is 15.4. The molecule has 4 rings (SSSR count). The van der Waals surface area contributed by atoms with Gasteiger partial charge in [0.15, 0.2) is 6.61 Å². The van der Waals surface area contributed by atoms with E-state index in [9.17, 15) is 14.4 Å². The van der Waals surface area contributed by atoms with Gasteiger partial charge in [0.1, 0.15) is 17.2 Å². The van der Waals surface area contributed by atoms with Crippen molar-refractivity contribution in [1.82, 2.24) is 20.0 Å². The van der Waals surface area contributed by atoms with Crippen LogP contribution in [0.5, 0.6) is 11.5 Å². The third kappa shape index (κ3) is 4.56. The number of amides is 3. The summed E-state index contributed by atoms with van der Waals surface area (Å²) < 4.78 is 17.0. The van der Waals surface area contributed by atoms with Crippen LogP contribution < -0.4 is 14.8 Å². The van der Waals surface area contributed by atoms with Crippen molar-refractivity contribution in [3.05, 3.63) is 65.9 Å². The van der Waals surface area contributed by atoms with Crippen LogP contribution in [0.25, 0.3) is 11.3 Å². The van der Waals surface area contributed by atoms with E-state index in [0.717, 1.165) is 10.5 Å². The lowest BCUT2D eigenvalue weighted by Crippen LogP contribution is -2.40. The van der Waals surface area contributed by atoms with Gasteiger partial charge in [-0.1, -0.05) is 30.3 Å². The molecule has 1 fully saturated rings. The number of imide groups is 1. The average Bonchev–Trinajstić information content (AvgIpc) is 3.40. The van der Waals surface area contributed by atoms with Gasteiger partial charge < -0.3 is 19.5 Å². The standard InChI is InChI=1S/C24H24N4O6/c1-27-20(12-18(26-27)17-11-16(32-2)9-10-21(17)33-3)23(30)25-19(15-7-5-4-6-8-15)13-28-22(29)14-34-24(28)31/h4-12,19H,13-14H2,1-3H3,(H,25,30). The molecule has 1 unspecified atom stereocenters. The largest absolute Gasteiger partial charge is 0.497 e. The fourth-order valence-electron chi connectivity index (χ4n) is 3.72. The predicted octanol–water partition coefficient (Wildman–Crippen LogP) is 2.55. The number of aromatic nitrogens is 2. The van der Waals surface area contributed by atoms with Crippen LogP contribution >= 0.6 is 0 Å². The van der Waals surface area contributed by atoms with Crippen molar-refractivity contribution in [1.29, 1.82) is 0 Å². The molecule has 1 aliphatic heterocycles. The maximum Gasteiger partial charge on any atom is 0.417 e. The lowest BCUT2D eigenvalue weighted by Gasteiger charge is -2.22. The SMILES string of the molecule is COc1ccc(OC)c(-c2cc(C(=O)NC(CN3C(=O)COC3=O)c3ccccc3)n(C)n2)c1. The van der Waals surface area contributed by atoms with E-state index in [1.807, 2.05) is 30.3 Å². The van der Waals surface area contributed by atoms with Crippen LogP contribution in [0.15, 0.2) is 54.6 Å². The number of methoxy groups -OCH3 is 2. The fourth-order valence-corrected chi connectivity index (χ4v) is 3.72. The second kappa shape index (κ2) is 9.65. The van der Waals surface area contributed by atoms with Gasteiger partial charge in [0.2, 0.25) is 0 Å².